The average molecular weight is 233 g/mol. The first-order chi connectivity index (χ1) is 6.61. The van der Waals surface area contributed by atoms with Crippen molar-refractivity contribution in [3.63, 3.8) is 0 Å². The molecule has 0 saturated heterocycles. The molecule has 0 aromatic heterocycles. The quantitative estimate of drug-likeness (QED) is 0.839. The first kappa shape index (κ1) is 11.1. The molecule has 14 heavy (non-hydrogen) atoms. The smallest absolute Gasteiger partial charge is 0.239 e. The molecule has 0 fully saturated rings. The Morgan fingerprint density at radius 3 is 2.36 bits per heavy atom. The minimum absolute atomic E-state index is 0.0962. The lowest BCUT2D eigenvalue weighted by molar-refractivity contribution is -0.118. The summed E-state index contributed by atoms with van der Waals surface area (Å²) in [6.45, 7) is 0.202. The van der Waals surface area contributed by atoms with Gasteiger partial charge in [-0.1, -0.05) is 23.2 Å². The summed E-state index contributed by atoms with van der Waals surface area (Å²) in [4.78, 5) is 10.9. The lowest BCUT2D eigenvalue weighted by Gasteiger charge is -2.06. The molecule has 0 aliphatic heterocycles. The lowest BCUT2D eigenvalue weighted by Crippen LogP contribution is -2.26. The number of amides is 1. The first-order valence-electron chi connectivity index (χ1n) is 4.02. The molecule has 0 bridgehead atoms. The van der Waals surface area contributed by atoms with E-state index in [1.165, 1.54) is 0 Å². The molecule has 0 atom stereocenters. The largest absolute Gasteiger partial charge is 0.376 e. The molecule has 0 spiro atoms. The number of benzene rings is 1. The van der Waals surface area contributed by atoms with Gasteiger partial charge in [-0.25, -0.2) is 0 Å². The van der Waals surface area contributed by atoms with Crippen molar-refractivity contribution in [2.45, 2.75) is 0 Å². The van der Waals surface area contributed by atoms with Crippen LogP contribution in [-0.2, 0) is 4.79 Å². The van der Waals surface area contributed by atoms with E-state index in [1.807, 2.05) is 0 Å². The fourth-order valence-corrected chi connectivity index (χ4v) is 1.45. The van der Waals surface area contributed by atoms with Crippen LogP contribution in [0.2, 0.25) is 10.0 Å². The predicted octanol–water partition coefficient (Wildman–Crippen LogP) is 2.15. The maximum atomic E-state index is 10.9. The minimum atomic E-state index is -0.0962. The van der Waals surface area contributed by atoms with Crippen molar-refractivity contribution in [1.29, 1.82) is 0 Å². The third-order valence-electron chi connectivity index (χ3n) is 1.59. The number of hydrogen-bond acceptors (Lipinski definition) is 2. The number of carbonyl (C=O) groups excluding carboxylic acids is 1. The van der Waals surface area contributed by atoms with Crippen molar-refractivity contribution >= 4 is 34.8 Å². The fraction of sp³-hybridized carbons (Fsp3) is 0.222. The number of anilines is 1. The van der Waals surface area contributed by atoms with Crippen LogP contribution in [0.3, 0.4) is 0 Å². The van der Waals surface area contributed by atoms with Crippen LogP contribution < -0.4 is 10.6 Å². The topological polar surface area (TPSA) is 41.1 Å². The molecule has 76 valence electrons. The van der Waals surface area contributed by atoms with Gasteiger partial charge in [0.05, 0.1) is 6.54 Å². The molecular formula is C9H10Cl2N2O. The van der Waals surface area contributed by atoms with Crippen LogP contribution in [0.15, 0.2) is 18.2 Å². The molecule has 1 aromatic rings. The van der Waals surface area contributed by atoms with Crippen LogP contribution in [0.4, 0.5) is 5.69 Å². The molecule has 0 unspecified atom stereocenters. The van der Waals surface area contributed by atoms with Gasteiger partial charge >= 0.3 is 0 Å². The summed E-state index contributed by atoms with van der Waals surface area (Å²) >= 11 is 11.5. The van der Waals surface area contributed by atoms with Crippen molar-refractivity contribution < 1.29 is 4.79 Å². The maximum absolute atomic E-state index is 10.9. The lowest BCUT2D eigenvalue weighted by atomic mass is 10.3. The molecular weight excluding hydrogens is 223 g/mol. The van der Waals surface area contributed by atoms with E-state index in [0.717, 1.165) is 5.69 Å². The van der Waals surface area contributed by atoms with E-state index in [1.54, 1.807) is 25.2 Å². The Hall–Kier alpha value is -0.930. The highest BCUT2D eigenvalue weighted by atomic mass is 35.5. The van der Waals surface area contributed by atoms with Gasteiger partial charge in [-0.2, -0.15) is 0 Å². The Balaban J connectivity index is 2.63. The number of rotatable bonds is 3. The highest BCUT2D eigenvalue weighted by Gasteiger charge is 2.00. The molecule has 1 rings (SSSR count). The highest BCUT2D eigenvalue weighted by Crippen LogP contribution is 2.22. The highest BCUT2D eigenvalue weighted by molar-refractivity contribution is 6.35. The Bertz CT molecular complexity index is 321. The maximum Gasteiger partial charge on any atom is 0.239 e. The van der Waals surface area contributed by atoms with Gasteiger partial charge in [-0.05, 0) is 18.2 Å². The van der Waals surface area contributed by atoms with Crippen LogP contribution in [-0.4, -0.2) is 19.5 Å². The number of nitrogens with one attached hydrogen (secondary N) is 2. The van der Waals surface area contributed by atoms with Crippen LogP contribution in [0.5, 0.6) is 0 Å². The zero-order valence-electron chi connectivity index (χ0n) is 7.60. The molecule has 0 aliphatic rings. The van der Waals surface area contributed by atoms with E-state index in [0.29, 0.717) is 10.0 Å². The second-order valence-electron chi connectivity index (χ2n) is 2.68. The van der Waals surface area contributed by atoms with Gasteiger partial charge in [-0.15, -0.1) is 0 Å². The summed E-state index contributed by atoms with van der Waals surface area (Å²) in [5.41, 5.74) is 0.728. The predicted molar refractivity (Wildman–Crippen MR) is 59.0 cm³/mol. The fourth-order valence-electron chi connectivity index (χ4n) is 0.927. The molecule has 1 amide bonds. The molecule has 0 radical (unpaired) electrons. The Kier molecular flexibility index (Phi) is 4.04. The van der Waals surface area contributed by atoms with E-state index in [9.17, 15) is 4.79 Å². The third kappa shape index (κ3) is 3.44. The number of hydrogen-bond donors (Lipinski definition) is 2. The molecule has 0 aliphatic carbocycles. The Morgan fingerprint density at radius 1 is 1.29 bits per heavy atom. The summed E-state index contributed by atoms with van der Waals surface area (Å²) < 4.78 is 0. The molecule has 3 nitrogen and oxygen atoms in total. The second kappa shape index (κ2) is 5.08. The van der Waals surface area contributed by atoms with Gasteiger partial charge in [0.15, 0.2) is 0 Å². The molecule has 2 N–H and O–H groups in total. The molecule has 0 heterocycles. The summed E-state index contributed by atoms with van der Waals surface area (Å²) in [7, 11) is 1.58. The van der Waals surface area contributed by atoms with E-state index in [4.69, 9.17) is 23.2 Å². The van der Waals surface area contributed by atoms with E-state index in [-0.39, 0.29) is 12.5 Å². The summed E-state index contributed by atoms with van der Waals surface area (Å²) in [6.07, 6.45) is 0. The van der Waals surface area contributed by atoms with Crippen molar-refractivity contribution in [3.8, 4) is 0 Å². The Morgan fingerprint density at radius 2 is 1.86 bits per heavy atom. The van der Waals surface area contributed by atoms with Crippen LogP contribution >= 0.6 is 23.2 Å². The van der Waals surface area contributed by atoms with Crippen LogP contribution in [0.1, 0.15) is 0 Å². The summed E-state index contributed by atoms with van der Waals surface area (Å²) in [5, 5.41) is 6.47. The van der Waals surface area contributed by atoms with Gasteiger partial charge in [0, 0.05) is 22.8 Å². The number of likely N-dealkylation sites (N-methyl/N-ethyl adjacent to an activating group) is 1. The van der Waals surface area contributed by atoms with Crippen molar-refractivity contribution in [2.24, 2.45) is 0 Å². The average Bonchev–Trinajstić information content (AvgIpc) is 2.12. The SMILES string of the molecule is CNC(=O)CNc1cc(Cl)cc(Cl)c1. The van der Waals surface area contributed by atoms with Crippen molar-refractivity contribution in [1.82, 2.24) is 5.32 Å². The van der Waals surface area contributed by atoms with E-state index >= 15 is 0 Å². The van der Waals surface area contributed by atoms with Gasteiger partial charge in [0.1, 0.15) is 0 Å². The Labute approximate surface area is 92.4 Å². The molecule has 1 aromatic carbocycles. The summed E-state index contributed by atoms with van der Waals surface area (Å²) in [5.74, 6) is -0.0962. The van der Waals surface area contributed by atoms with Gasteiger partial charge in [-0.3, -0.25) is 4.79 Å². The second-order valence-corrected chi connectivity index (χ2v) is 3.56. The van der Waals surface area contributed by atoms with Gasteiger partial charge in [0.25, 0.3) is 0 Å². The van der Waals surface area contributed by atoms with Gasteiger partial charge in [0.2, 0.25) is 5.91 Å². The van der Waals surface area contributed by atoms with E-state index < -0.39 is 0 Å². The summed E-state index contributed by atoms with van der Waals surface area (Å²) in [6, 6.07) is 5.04. The normalized spacial score (nSPS) is 9.64. The standard InChI is InChI=1S/C9H10Cl2N2O/c1-12-9(14)5-13-8-3-6(10)2-7(11)4-8/h2-4,13H,5H2,1H3,(H,12,14). The van der Waals surface area contributed by atoms with Crippen molar-refractivity contribution in [2.75, 3.05) is 18.9 Å². The molecule has 5 heteroatoms. The zero-order valence-corrected chi connectivity index (χ0v) is 9.12. The van der Waals surface area contributed by atoms with Crippen LogP contribution in [0.25, 0.3) is 0 Å². The first-order valence-corrected chi connectivity index (χ1v) is 4.78. The monoisotopic (exact) mass is 232 g/mol. The minimum Gasteiger partial charge on any atom is -0.376 e. The number of halogens is 2. The van der Waals surface area contributed by atoms with Gasteiger partial charge < -0.3 is 10.6 Å². The van der Waals surface area contributed by atoms with Crippen LogP contribution in [0, 0.1) is 0 Å². The van der Waals surface area contributed by atoms with Crippen molar-refractivity contribution in [3.05, 3.63) is 28.2 Å². The van der Waals surface area contributed by atoms with E-state index in [2.05, 4.69) is 10.6 Å². The third-order valence-corrected chi connectivity index (χ3v) is 2.03. The molecule has 0 saturated carbocycles. The number of carbonyl (C=O) groups is 1. The zero-order chi connectivity index (χ0) is 10.6.